The molecule has 0 N–H and O–H groups in total. The average Bonchev–Trinajstić information content (AvgIpc) is 2.05. The van der Waals surface area contributed by atoms with Gasteiger partial charge in [0.15, 0.2) is 0 Å². The number of carbonyl (C=O) groups excluding carboxylic acids is 1. The molecule has 1 aliphatic rings. The Labute approximate surface area is 99.4 Å². The van der Waals surface area contributed by atoms with Crippen LogP contribution in [0.15, 0.2) is 0 Å². The van der Waals surface area contributed by atoms with Gasteiger partial charge in [-0.3, -0.25) is 4.79 Å². The van der Waals surface area contributed by atoms with E-state index in [2.05, 4.69) is 11.9 Å². The van der Waals surface area contributed by atoms with Crippen LogP contribution in [0.5, 0.6) is 0 Å². The maximum absolute atomic E-state index is 11.2. The second-order valence-electron chi connectivity index (χ2n) is 3.04. The summed E-state index contributed by atoms with van der Waals surface area (Å²) in [5.41, 5.74) is 0. The molecule has 1 rings (SSSR count). The predicted octanol–water partition coefficient (Wildman–Crippen LogP) is 0.168. The molecule has 0 aromatic rings. The first kappa shape index (κ1) is 12.5. The Morgan fingerprint density at radius 1 is 1.25 bits per heavy atom. The van der Waals surface area contributed by atoms with E-state index in [4.69, 9.17) is 0 Å². The number of hydrogen-bond acceptors (Lipinski definition) is 2. The Balaban J connectivity index is 0.00000121. The third-order valence-electron chi connectivity index (χ3n) is 2.16. The average molecular weight is 245 g/mol. The molecule has 67 valence electrons. The molecule has 1 amide bonds. The predicted molar refractivity (Wildman–Crippen MR) is 44.4 cm³/mol. The smallest absolute Gasteiger partial charge is 0.222 e. The molecule has 1 heterocycles. The number of carbonyl (C=O) groups is 1. The van der Waals surface area contributed by atoms with Crippen LogP contribution in [0, 0.1) is 0 Å². The summed E-state index contributed by atoms with van der Waals surface area (Å²) in [6.07, 6.45) is 0.643. The topological polar surface area (TPSA) is 23.6 Å². The Morgan fingerprint density at radius 3 is 2.17 bits per heavy atom. The van der Waals surface area contributed by atoms with Crippen molar-refractivity contribution in [3.05, 3.63) is 0 Å². The molecular weight excluding hydrogens is 229 g/mol. The van der Waals surface area contributed by atoms with E-state index in [-0.39, 0.29) is 38.6 Å². The van der Waals surface area contributed by atoms with Gasteiger partial charge in [0.2, 0.25) is 5.91 Å². The number of hydrogen-bond donors (Lipinski definition) is 0. The van der Waals surface area contributed by atoms with Gasteiger partial charge in [-0.1, -0.05) is 6.92 Å². The number of nitrogens with zero attached hydrogens (tertiary/aromatic N) is 2. The number of rotatable bonds is 1. The van der Waals surface area contributed by atoms with Crippen molar-refractivity contribution < 1.29 is 37.5 Å². The minimum Gasteiger partial charge on any atom is -0.340 e. The van der Waals surface area contributed by atoms with Crippen molar-refractivity contribution in [3.63, 3.8) is 0 Å². The number of piperazine rings is 1. The largest absolute Gasteiger partial charge is 0.340 e. The van der Waals surface area contributed by atoms with Gasteiger partial charge in [0.25, 0.3) is 0 Å². The van der Waals surface area contributed by atoms with Crippen LogP contribution in [0.25, 0.3) is 0 Å². The quantitative estimate of drug-likeness (QED) is 0.657. The maximum atomic E-state index is 11.2. The summed E-state index contributed by atoms with van der Waals surface area (Å²) in [7, 11) is 2.09. The fourth-order valence-electron chi connectivity index (χ4n) is 1.28. The van der Waals surface area contributed by atoms with E-state index in [0.29, 0.717) is 6.42 Å². The molecule has 1 fully saturated rings. The van der Waals surface area contributed by atoms with Crippen LogP contribution in [0.4, 0.5) is 0 Å². The van der Waals surface area contributed by atoms with Crippen molar-refractivity contribution >= 4 is 5.91 Å². The number of amides is 1. The molecule has 0 bridgehead atoms. The SMILES string of the molecule is CCC(=O)N1CCN(C)CC1.[Y]. The fourth-order valence-corrected chi connectivity index (χ4v) is 1.28. The zero-order valence-electron chi connectivity index (χ0n) is 7.92. The summed E-state index contributed by atoms with van der Waals surface area (Å²) in [6, 6.07) is 0. The van der Waals surface area contributed by atoms with Crippen molar-refractivity contribution in [1.29, 1.82) is 0 Å². The fraction of sp³-hybridized carbons (Fsp3) is 0.875. The van der Waals surface area contributed by atoms with Gasteiger partial charge >= 0.3 is 0 Å². The van der Waals surface area contributed by atoms with E-state index >= 15 is 0 Å². The van der Waals surface area contributed by atoms with Crippen LogP contribution in [0.1, 0.15) is 13.3 Å². The molecule has 1 saturated heterocycles. The van der Waals surface area contributed by atoms with Crippen LogP contribution in [0.2, 0.25) is 0 Å². The first-order valence-electron chi connectivity index (χ1n) is 4.20. The summed E-state index contributed by atoms with van der Waals surface area (Å²) < 4.78 is 0. The second kappa shape index (κ2) is 6.06. The molecule has 12 heavy (non-hydrogen) atoms. The van der Waals surface area contributed by atoms with E-state index in [1.165, 1.54) is 0 Å². The third-order valence-corrected chi connectivity index (χ3v) is 2.16. The van der Waals surface area contributed by atoms with Crippen LogP contribution in [0.3, 0.4) is 0 Å². The van der Waals surface area contributed by atoms with E-state index < -0.39 is 0 Å². The summed E-state index contributed by atoms with van der Waals surface area (Å²) in [5, 5.41) is 0. The molecule has 0 aromatic heterocycles. The molecule has 0 unspecified atom stereocenters. The zero-order valence-corrected chi connectivity index (χ0v) is 10.8. The molecule has 1 aliphatic heterocycles. The summed E-state index contributed by atoms with van der Waals surface area (Å²) >= 11 is 0. The molecule has 0 atom stereocenters. The van der Waals surface area contributed by atoms with Crippen molar-refractivity contribution in [3.8, 4) is 0 Å². The van der Waals surface area contributed by atoms with Gasteiger partial charge in [-0.25, -0.2) is 0 Å². The Morgan fingerprint density at radius 2 is 1.75 bits per heavy atom. The first-order valence-corrected chi connectivity index (χ1v) is 4.20. The second-order valence-corrected chi connectivity index (χ2v) is 3.04. The van der Waals surface area contributed by atoms with E-state index in [1.807, 2.05) is 11.8 Å². The minimum absolute atomic E-state index is 0. The Bertz CT molecular complexity index is 144. The molecule has 3 nitrogen and oxygen atoms in total. The van der Waals surface area contributed by atoms with Gasteiger partial charge in [-0.05, 0) is 7.05 Å². The van der Waals surface area contributed by atoms with Crippen molar-refractivity contribution in [2.45, 2.75) is 13.3 Å². The molecule has 0 aliphatic carbocycles. The summed E-state index contributed by atoms with van der Waals surface area (Å²) in [5.74, 6) is 0.290. The maximum Gasteiger partial charge on any atom is 0.222 e. The van der Waals surface area contributed by atoms with Gasteiger partial charge in [0.1, 0.15) is 0 Å². The van der Waals surface area contributed by atoms with Crippen molar-refractivity contribution in [2.24, 2.45) is 0 Å². The molecular formula is C8H16N2OY. The van der Waals surface area contributed by atoms with E-state index in [9.17, 15) is 4.79 Å². The molecule has 1 radical (unpaired) electrons. The summed E-state index contributed by atoms with van der Waals surface area (Å²) in [4.78, 5) is 15.4. The van der Waals surface area contributed by atoms with Gasteiger partial charge in [0, 0.05) is 65.3 Å². The van der Waals surface area contributed by atoms with E-state index in [0.717, 1.165) is 26.2 Å². The van der Waals surface area contributed by atoms with E-state index in [1.54, 1.807) is 0 Å². The molecule has 0 spiro atoms. The monoisotopic (exact) mass is 245 g/mol. The van der Waals surface area contributed by atoms with Crippen LogP contribution in [-0.4, -0.2) is 48.9 Å². The zero-order chi connectivity index (χ0) is 8.27. The van der Waals surface area contributed by atoms with Gasteiger partial charge in [-0.15, -0.1) is 0 Å². The molecule has 4 heteroatoms. The molecule has 0 aromatic carbocycles. The summed E-state index contributed by atoms with van der Waals surface area (Å²) in [6.45, 7) is 5.77. The Hall–Kier alpha value is 0.534. The third kappa shape index (κ3) is 3.50. The van der Waals surface area contributed by atoms with Gasteiger partial charge in [0.05, 0.1) is 0 Å². The minimum atomic E-state index is 0. The normalized spacial score (nSPS) is 18.7. The van der Waals surface area contributed by atoms with Gasteiger partial charge < -0.3 is 9.80 Å². The van der Waals surface area contributed by atoms with Gasteiger partial charge in [-0.2, -0.15) is 0 Å². The first-order chi connectivity index (χ1) is 5.24. The Kier molecular flexibility index (Phi) is 6.33. The standard InChI is InChI=1S/C8H16N2O.Y/c1-3-8(11)10-6-4-9(2)5-7-10;/h3-7H2,1-2H3;. The number of likely N-dealkylation sites (N-methyl/N-ethyl adjacent to an activating group) is 1. The van der Waals surface area contributed by atoms with Crippen LogP contribution < -0.4 is 0 Å². The van der Waals surface area contributed by atoms with Crippen LogP contribution in [-0.2, 0) is 37.5 Å². The van der Waals surface area contributed by atoms with Crippen molar-refractivity contribution in [1.82, 2.24) is 9.80 Å². The molecule has 0 saturated carbocycles. The van der Waals surface area contributed by atoms with Crippen LogP contribution >= 0.6 is 0 Å². The van der Waals surface area contributed by atoms with Crippen molar-refractivity contribution in [2.75, 3.05) is 33.2 Å².